The molecule has 1 aromatic rings. The third kappa shape index (κ3) is 1.85. The number of aliphatic carboxylic acids is 1. The average Bonchev–Trinajstić information content (AvgIpc) is 2.12. The molecule has 0 aromatic heterocycles. The third-order valence-electron chi connectivity index (χ3n) is 1.69. The van der Waals surface area contributed by atoms with Crippen molar-refractivity contribution in [3.63, 3.8) is 0 Å². The van der Waals surface area contributed by atoms with Gasteiger partial charge in [-0.25, -0.2) is 4.39 Å². The zero-order chi connectivity index (χ0) is 10.9. The number of phenolic OH excluding ortho intramolecular Hbond substituents is 1. The number of nitrogens with two attached hydrogens (primary N) is 1. The van der Waals surface area contributed by atoms with Crippen LogP contribution in [0.2, 0.25) is 0 Å². The number of hydrogen-bond donors (Lipinski definition) is 3. The van der Waals surface area contributed by atoms with Crippen molar-refractivity contribution in [3.05, 3.63) is 28.0 Å². The Bertz CT molecular complexity index is 383. The molecular formula is C8H7BrFNO3. The Morgan fingerprint density at radius 3 is 2.64 bits per heavy atom. The topological polar surface area (TPSA) is 83.6 Å². The van der Waals surface area contributed by atoms with Gasteiger partial charge in [0.15, 0.2) is 0 Å². The van der Waals surface area contributed by atoms with Crippen LogP contribution in [-0.2, 0) is 4.79 Å². The van der Waals surface area contributed by atoms with E-state index < -0.39 is 29.1 Å². The van der Waals surface area contributed by atoms with E-state index in [1.165, 1.54) is 6.07 Å². The summed E-state index contributed by atoms with van der Waals surface area (Å²) < 4.78 is 13.3. The van der Waals surface area contributed by atoms with Crippen LogP contribution in [0.15, 0.2) is 16.6 Å². The predicted octanol–water partition coefficient (Wildman–Crippen LogP) is 1.38. The normalized spacial score (nSPS) is 12.5. The lowest BCUT2D eigenvalue weighted by Gasteiger charge is -2.11. The molecule has 0 aliphatic rings. The van der Waals surface area contributed by atoms with Crippen LogP contribution >= 0.6 is 15.9 Å². The monoisotopic (exact) mass is 263 g/mol. The fourth-order valence-corrected chi connectivity index (χ4v) is 1.32. The Balaban J connectivity index is 3.32. The zero-order valence-corrected chi connectivity index (χ0v) is 8.45. The van der Waals surface area contributed by atoms with Crippen LogP contribution in [0.4, 0.5) is 4.39 Å². The van der Waals surface area contributed by atoms with Crippen molar-refractivity contribution in [1.29, 1.82) is 0 Å². The first-order valence-electron chi connectivity index (χ1n) is 3.60. The lowest BCUT2D eigenvalue weighted by molar-refractivity contribution is -0.138. The van der Waals surface area contributed by atoms with Gasteiger partial charge in [0.05, 0.1) is 10.0 Å². The van der Waals surface area contributed by atoms with Crippen molar-refractivity contribution in [2.75, 3.05) is 0 Å². The number of halogens is 2. The smallest absolute Gasteiger partial charge is 0.325 e. The van der Waals surface area contributed by atoms with E-state index >= 15 is 0 Å². The summed E-state index contributed by atoms with van der Waals surface area (Å²) in [5.74, 6) is -2.74. The van der Waals surface area contributed by atoms with Gasteiger partial charge in [0, 0.05) is 0 Å². The molecule has 0 saturated carbocycles. The van der Waals surface area contributed by atoms with Gasteiger partial charge in [0.2, 0.25) is 0 Å². The van der Waals surface area contributed by atoms with E-state index in [0.29, 0.717) is 0 Å². The first kappa shape index (κ1) is 10.9. The lowest BCUT2D eigenvalue weighted by Crippen LogP contribution is -2.22. The van der Waals surface area contributed by atoms with Crippen LogP contribution in [0.25, 0.3) is 0 Å². The molecule has 0 bridgehead atoms. The molecule has 76 valence electrons. The molecule has 1 aromatic carbocycles. The van der Waals surface area contributed by atoms with Crippen LogP contribution in [0.1, 0.15) is 11.6 Å². The molecule has 0 saturated heterocycles. The standard InChI is InChI=1S/C8H7BrFNO3/c9-3-1-2-4(10)5(7(3)12)6(11)8(13)14/h1-2,6,12H,11H2,(H,13,14)/t6-/m0/s1. The first-order valence-corrected chi connectivity index (χ1v) is 4.39. The highest BCUT2D eigenvalue weighted by molar-refractivity contribution is 9.10. The molecule has 0 radical (unpaired) electrons. The van der Waals surface area contributed by atoms with Gasteiger partial charge in [-0.05, 0) is 28.1 Å². The van der Waals surface area contributed by atoms with Gasteiger partial charge in [-0.1, -0.05) is 0 Å². The van der Waals surface area contributed by atoms with E-state index in [2.05, 4.69) is 15.9 Å². The number of aromatic hydroxyl groups is 1. The van der Waals surface area contributed by atoms with Gasteiger partial charge < -0.3 is 15.9 Å². The quantitative estimate of drug-likeness (QED) is 0.753. The number of rotatable bonds is 2. The summed E-state index contributed by atoms with van der Waals surface area (Å²) in [5, 5.41) is 17.9. The summed E-state index contributed by atoms with van der Waals surface area (Å²) in [7, 11) is 0. The van der Waals surface area contributed by atoms with Gasteiger partial charge >= 0.3 is 5.97 Å². The van der Waals surface area contributed by atoms with Gasteiger partial charge in [0.25, 0.3) is 0 Å². The third-order valence-corrected chi connectivity index (χ3v) is 2.33. The fourth-order valence-electron chi connectivity index (χ4n) is 0.976. The summed E-state index contributed by atoms with van der Waals surface area (Å²) in [4.78, 5) is 10.5. The lowest BCUT2D eigenvalue weighted by atomic mass is 10.1. The maximum atomic E-state index is 13.1. The number of carboxylic acid groups (broad SMARTS) is 1. The number of benzene rings is 1. The molecule has 6 heteroatoms. The van der Waals surface area contributed by atoms with E-state index in [1.807, 2.05) is 0 Å². The van der Waals surface area contributed by atoms with Crippen molar-refractivity contribution in [2.45, 2.75) is 6.04 Å². The van der Waals surface area contributed by atoms with E-state index in [9.17, 15) is 14.3 Å². The van der Waals surface area contributed by atoms with Gasteiger partial charge in [-0.2, -0.15) is 0 Å². The number of hydrogen-bond acceptors (Lipinski definition) is 3. The fraction of sp³-hybridized carbons (Fsp3) is 0.125. The summed E-state index contributed by atoms with van der Waals surface area (Å²) in [6.07, 6.45) is 0. The Morgan fingerprint density at radius 2 is 2.14 bits per heavy atom. The molecule has 4 nitrogen and oxygen atoms in total. The second-order valence-corrected chi connectivity index (χ2v) is 3.46. The summed E-state index contributed by atoms with van der Waals surface area (Å²) in [6.45, 7) is 0. The van der Waals surface area contributed by atoms with Crippen molar-refractivity contribution >= 4 is 21.9 Å². The van der Waals surface area contributed by atoms with Gasteiger partial charge in [-0.15, -0.1) is 0 Å². The second kappa shape index (κ2) is 3.93. The van der Waals surface area contributed by atoms with Crippen molar-refractivity contribution < 1.29 is 19.4 Å². The second-order valence-electron chi connectivity index (χ2n) is 2.61. The molecule has 1 rings (SSSR count). The first-order chi connectivity index (χ1) is 6.45. The van der Waals surface area contributed by atoms with Crippen molar-refractivity contribution in [1.82, 2.24) is 0 Å². The van der Waals surface area contributed by atoms with Crippen LogP contribution in [0, 0.1) is 5.82 Å². The zero-order valence-electron chi connectivity index (χ0n) is 6.87. The highest BCUT2D eigenvalue weighted by atomic mass is 79.9. The molecule has 0 unspecified atom stereocenters. The van der Waals surface area contributed by atoms with E-state index in [4.69, 9.17) is 10.8 Å². The van der Waals surface area contributed by atoms with Crippen LogP contribution < -0.4 is 5.73 Å². The Kier molecular flexibility index (Phi) is 3.07. The predicted molar refractivity (Wildman–Crippen MR) is 50.3 cm³/mol. The molecule has 0 aliphatic carbocycles. The Morgan fingerprint density at radius 1 is 1.57 bits per heavy atom. The Hall–Kier alpha value is -1.14. The maximum absolute atomic E-state index is 13.1. The number of phenols is 1. The highest BCUT2D eigenvalue weighted by Gasteiger charge is 2.23. The average molecular weight is 264 g/mol. The summed E-state index contributed by atoms with van der Waals surface area (Å²) >= 11 is 2.93. The molecule has 1 atom stereocenters. The largest absolute Gasteiger partial charge is 0.506 e. The minimum atomic E-state index is -1.58. The molecule has 0 amide bonds. The minimum Gasteiger partial charge on any atom is -0.506 e. The van der Waals surface area contributed by atoms with Crippen LogP contribution in [0.5, 0.6) is 5.75 Å². The van der Waals surface area contributed by atoms with Crippen molar-refractivity contribution in [3.8, 4) is 5.75 Å². The van der Waals surface area contributed by atoms with Gasteiger partial charge in [0.1, 0.15) is 17.6 Å². The molecular weight excluding hydrogens is 257 g/mol. The molecule has 14 heavy (non-hydrogen) atoms. The van der Waals surface area contributed by atoms with Crippen molar-refractivity contribution in [2.24, 2.45) is 5.73 Å². The molecule has 4 N–H and O–H groups in total. The summed E-state index contributed by atoms with van der Waals surface area (Å²) in [5.41, 5.74) is 4.76. The van der Waals surface area contributed by atoms with E-state index in [1.54, 1.807) is 0 Å². The minimum absolute atomic E-state index is 0.200. The number of carboxylic acids is 1. The molecule has 0 heterocycles. The highest BCUT2D eigenvalue weighted by Crippen LogP contribution is 2.33. The molecule has 0 aliphatic heterocycles. The van der Waals surface area contributed by atoms with E-state index in [-0.39, 0.29) is 4.47 Å². The van der Waals surface area contributed by atoms with Crippen LogP contribution in [0.3, 0.4) is 0 Å². The van der Waals surface area contributed by atoms with E-state index in [0.717, 1.165) is 6.07 Å². The SMILES string of the molecule is N[C@H](C(=O)O)c1c(F)ccc(Br)c1O. The summed E-state index contributed by atoms with van der Waals surface area (Å²) in [6, 6.07) is 0.720. The number of carbonyl (C=O) groups is 1. The van der Waals surface area contributed by atoms with Crippen LogP contribution in [-0.4, -0.2) is 16.2 Å². The maximum Gasteiger partial charge on any atom is 0.325 e. The van der Waals surface area contributed by atoms with Gasteiger partial charge in [-0.3, -0.25) is 4.79 Å². The Labute approximate surface area is 87.3 Å². The molecule has 0 spiro atoms. The molecule has 0 fully saturated rings.